The molecular formula is C13H25ClO2. The topological polar surface area (TPSA) is 18.5 Å². The Morgan fingerprint density at radius 2 is 1.75 bits per heavy atom. The molecule has 1 heterocycles. The highest BCUT2D eigenvalue weighted by Gasteiger charge is 2.12. The van der Waals surface area contributed by atoms with Crippen LogP contribution in [0.5, 0.6) is 0 Å². The van der Waals surface area contributed by atoms with E-state index >= 15 is 0 Å². The first kappa shape index (κ1) is 14.3. The first-order chi connectivity index (χ1) is 7.93. The molecule has 0 radical (unpaired) electrons. The minimum Gasteiger partial charge on any atom is -0.353 e. The van der Waals surface area contributed by atoms with E-state index in [1.54, 1.807) is 0 Å². The van der Waals surface area contributed by atoms with E-state index in [2.05, 4.69) is 0 Å². The summed E-state index contributed by atoms with van der Waals surface area (Å²) in [7, 11) is 0. The summed E-state index contributed by atoms with van der Waals surface area (Å²) < 4.78 is 11.2. The zero-order valence-corrected chi connectivity index (χ0v) is 11.0. The summed E-state index contributed by atoms with van der Waals surface area (Å²) in [6.07, 6.45) is 11.1. The van der Waals surface area contributed by atoms with Crippen molar-refractivity contribution in [1.29, 1.82) is 0 Å². The van der Waals surface area contributed by atoms with Crippen molar-refractivity contribution in [2.24, 2.45) is 0 Å². The van der Waals surface area contributed by atoms with Crippen LogP contribution in [0, 0.1) is 0 Å². The van der Waals surface area contributed by atoms with Crippen LogP contribution in [0.1, 0.15) is 57.8 Å². The lowest BCUT2D eigenvalue weighted by atomic mass is 10.1. The number of alkyl halides is 1. The fourth-order valence-corrected chi connectivity index (χ4v) is 2.15. The second-order valence-corrected chi connectivity index (χ2v) is 4.86. The first-order valence-electron chi connectivity index (χ1n) is 6.72. The summed E-state index contributed by atoms with van der Waals surface area (Å²) in [5, 5.41) is 0. The molecule has 0 aromatic heterocycles. The minimum atomic E-state index is 0.0880. The monoisotopic (exact) mass is 248 g/mol. The van der Waals surface area contributed by atoms with Crippen molar-refractivity contribution in [1.82, 2.24) is 0 Å². The molecule has 1 fully saturated rings. The van der Waals surface area contributed by atoms with Gasteiger partial charge in [0.15, 0.2) is 6.29 Å². The van der Waals surface area contributed by atoms with E-state index in [4.69, 9.17) is 21.1 Å². The fraction of sp³-hybridized carbons (Fsp3) is 1.00. The van der Waals surface area contributed by atoms with Gasteiger partial charge in [0.2, 0.25) is 0 Å². The van der Waals surface area contributed by atoms with Crippen molar-refractivity contribution in [2.45, 2.75) is 64.1 Å². The van der Waals surface area contributed by atoms with Crippen molar-refractivity contribution in [2.75, 3.05) is 19.1 Å². The highest BCUT2D eigenvalue weighted by Crippen LogP contribution is 2.14. The maximum atomic E-state index is 5.67. The summed E-state index contributed by atoms with van der Waals surface area (Å²) in [4.78, 5) is 0. The van der Waals surface area contributed by atoms with Gasteiger partial charge in [0.05, 0.1) is 0 Å². The van der Waals surface area contributed by atoms with Gasteiger partial charge in [-0.1, -0.05) is 25.7 Å². The van der Waals surface area contributed by atoms with Gasteiger partial charge in [-0.25, -0.2) is 0 Å². The van der Waals surface area contributed by atoms with Gasteiger partial charge in [-0.2, -0.15) is 0 Å². The molecule has 16 heavy (non-hydrogen) atoms. The van der Waals surface area contributed by atoms with Gasteiger partial charge in [0, 0.05) is 19.1 Å². The van der Waals surface area contributed by atoms with Crippen LogP contribution in [0.25, 0.3) is 0 Å². The lowest BCUT2D eigenvalue weighted by Gasteiger charge is -2.22. The second kappa shape index (κ2) is 10.4. The normalized spacial score (nSPS) is 21.2. The van der Waals surface area contributed by atoms with E-state index < -0.39 is 0 Å². The summed E-state index contributed by atoms with van der Waals surface area (Å²) in [5.41, 5.74) is 0. The standard InChI is InChI=1S/C13H25ClO2/c14-10-6-3-1-2-4-7-11-15-13-9-5-8-12-16-13/h13H,1-12H2/t13-/m0/s1. The minimum absolute atomic E-state index is 0.0880. The molecule has 2 nitrogen and oxygen atoms in total. The van der Waals surface area contributed by atoms with Crippen molar-refractivity contribution < 1.29 is 9.47 Å². The van der Waals surface area contributed by atoms with Gasteiger partial charge in [-0.05, 0) is 32.1 Å². The number of hydrogen-bond acceptors (Lipinski definition) is 2. The second-order valence-electron chi connectivity index (χ2n) is 4.48. The summed E-state index contributed by atoms with van der Waals surface area (Å²) in [6.45, 7) is 1.74. The Balaban J connectivity index is 1.77. The number of hydrogen-bond donors (Lipinski definition) is 0. The van der Waals surface area contributed by atoms with E-state index in [1.807, 2.05) is 0 Å². The third kappa shape index (κ3) is 7.48. The maximum absolute atomic E-state index is 5.67. The van der Waals surface area contributed by atoms with Crippen LogP contribution in [-0.2, 0) is 9.47 Å². The largest absolute Gasteiger partial charge is 0.353 e. The van der Waals surface area contributed by atoms with E-state index in [-0.39, 0.29) is 6.29 Å². The van der Waals surface area contributed by atoms with Gasteiger partial charge in [-0.3, -0.25) is 0 Å². The van der Waals surface area contributed by atoms with Gasteiger partial charge >= 0.3 is 0 Å². The average Bonchev–Trinajstić information content (AvgIpc) is 2.34. The fourth-order valence-electron chi connectivity index (χ4n) is 1.96. The number of halogens is 1. The predicted octanol–water partition coefficient (Wildman–Crippen LogP) is 4.11. The molecule has 0 unspecified atom stereocenters. The molecule has 0 saturated carbocycles. The Morgan fingerprint density at radius 1 is 1.00 bits per heavy atom. The van der Waals surface area contributed by atoms with Crippen LogP contribution in [0.4, 0.5) is 0 Å². The van der Waals surface area contributed by atoms with Crippen LogP contribution in [0.3, 0.4) is 0 Å². The Morgan fingerprint density at radius 3 is 2.44 bits per heavy atom. The smallest absolute Gasteiger partial charge is 0.157 e. The molecule has 0 aromatic carbocycles. The third-order valence-electron chi connectivity index (χ3n) is 2.97. The molecule has 0 aliphatic carbocycles. The van der Waals surface area contributed by atoms with Crippen LogP contribution >= 0.6 is 11.6 Å². The van der Waals surface area contributed by atoms with Gasteiger partial charge in [0.25, 0.3) is 0 Å². The molecule has 0 amide bonds. The maximum Gasteiger partial charge on any atom is 0.157 e. The predicted molar refractivity (Wildman–Crippen MR) is 68.0 cm³/mol. The Kier molecular flexibility index (Phi) is 9.25. The van der Waals surface area contributed by atoms with Gasteiger partial charge in [0.1, 0.15) is 0 Å². The molecule has 1 saturated heterocycles. The molecule has 0 bridgehead atoms. The SMILES string of the molecule is ClCCCCCCCCO[C@@H]1CCCCO1. The molecule has 1 rings (SSSR count). The van der Waals surface area contributed by atoms with Gasteiger partial charge < -0.3 is 9.47 Å². The Labute approximate surface area is 105 Å². The highest BCUT2D eigenvalue weighted by molar-refractivity contribution is 6.17. The zero-order valence-electron chi connectivity index (χ0n) is 10.3. The van der Waals surface area contributed by atoms with Crippen molar-refractivity contribution in [3.05, 3.63) is 0 Å². The molecule has 0 N–H and O–H groups in total. The summed E-state index contributed by atoms with van der Waals surface area (Å²) in [5.74, 6) is 0.808. The molecule has 0 aromatic rings. The molecule has 1 aliphatic rings. The lowest BCUT2D eigenvalue weighted by Crippen LogP contribution is -2.22. The van der Waals surface area contributed by atoms with E-state index in [1.165, 1.54) is 44.9 Å². The third-order valence-corrected chi connectivity index (χ3v) is 3.24. The molecular weight excluding hydrogens is 224 g/mol. The zero-order chi connectivity index (χ0) is 11.5. The molecule has 1 atom stereocenters. The van der Waals surface area contributed by atoms with Crippen LogP contribution in [-0.4, -0.2) is 25.4 Å². The molecule has 0 spiro atoms. The number of unbranched alkanes of at least 4 members (excludes halogenated alkanes) is 5. The van der Waals surface area contributed by atoms with E-state index in [9.17, 15) is 0 Å². The van der Waals surface area contributed by atoms with Crippen LogP contribution in [0.2, 0.25) is 0 Å². The lowest BCUT2D eigenvalue weighted by molar-refractivity contribution is -0.162. The summed E-state index contributed by atoms with van der Waals surface area (Å²) in [6, 6.07) is 0. The Bertz CT molecular complexity index is 147. The van der Waals surface area contributed by atoms with Gasteiger partial charge in [-0.15, -0.1) is 11.6 Å². The number of rotatable bonds is 9. The van der Waals surface area contributed by atoms with Crippen LogP contribution in [0.15, 0.2) is 0 Å². The van der Waals surface area contributed by atoms with E-state index in [0.29, 0.717) is 0 Å². The highest BCUT2D eigenvalue weighted by atomic mass is 35.5. The van der Waals surface area contributed by atoms with E-state index in [0.717, 1.165) is 31.9 Å². The molecule has 1 aliphatic heterocycles. The summed E-state index contributed by atoms with van der Waals surface area (Å²) >= 11 is 5.62. The molecule has 96 valence electrons. The van der Waals surface area contributed by atoms with Crippen molar-refractivity contribution in [3.8, 4) is 0 Å². The van der Waals surface area contributed by atoms with Crippen molar-refractivity contribution in [3.63, 3.8) is 0 Å². The first-order valence-corrected chi connectivity index (χ1v) is 7.26. The quantitative estimate of drug-likeness (QED) is 0.452. The molecule has 3 heteroatoms. The van der Waals surface area contributed by atoms with Crippen LogP contribution < -0.4 is 0 Å². The Hall–Kier alpha value is 0.210. The average molecular weight is 249 g/mol. The van der Waals surface area contributed by atoms with Crippen molar-refractivity contribution >= 4 is 11.6 Å². The number of ether oxygens (including phenoxy) is 2.